The van der Waals surface area contributed by atoms with Gasteiger partial charge in [0.2, 0.25) is 5.95 Å². The number of fused-ring (bicyclic) bond motifs is 2. The lowest BCUT2D eigenvalue weighted by molar-refractivity contribution is 0.199. The van der Waals surface area contributed by atoms with Gasteiger partial charge in [-0.15, -0.1) is 0 Å². The zero-order valence-electron chi connectivity index (χ0n) is 16.0. The smallest absolute Gasteiger partial charge is 0.414 e. The summed E-state index contributed by atoms with van der Waals surface area (Å²) in [5.41, 5.74) is 0.569. The molecular weight excluding hydrogens is 396 g/mol. The maximum absolute atomic E-state index is 14.5. The number of nitrogens with one attached hydrogen (secondary N) is 2. The Hall–Kier alpha value is -3.82. The molecule has 0 bridgehead atoms. The first-order chi connectivity index (χ1) is 14.3. The van der Waals surface area contributed by atoms with Crippen LogP contribution in [0.15, 0.2) is 35.1 Å². The molecule has 0 fully saturated rings. The number of rotatable bonds is 4. The molecule has 1 amide bonds. The van der Waals surface area contributed by atoms with E-state index >= 15 is 0 Å². The Morgan fingerprint density at radius 2 is 1.90 bits per heavy atom. The van der Waals surface area contributed by atoms with Gasteiger partial charge in [-0.1, -0.05) is 13.0 Å². The third-order valence-corrected chi connectivity index (χ3v) is 5.05. The molecule has 8 nitrogen and oxygen atoms in total. The second kappa shape index (κ2) is 7.21. The van der Waals surface area contributed by atoms with Gasteiger partial charge in [-0.05, 0) is 37.6 Å². The normalized spacial score (nSPS) is 12.4. The monoisotopic (exact) mass is 413 g/mol. The van der Waals surface area contributed by atoms with Crippen molar-refractivity contribution in [3.8, 4) is 11.3 Å². The van der Waals surface area contributed by atoms with Crippen molar-refractivity contribution < 1.29 is 18.7 Å². The molecule has 30 heavy (non-hydrogen) atoms. The molecule has 0 saturated heterocycles. The van der Waals surface area contributed by atoms with Crippen molar-refractivity contribution in [2.75, 3.05) is 4.90 Å². The number of aromatic nitrogens is 4. The van der Waals surface area contributed by atoms with Gasteiger partial charge in [-0.3, -0.25) is 4.79 Å². The number of carboxylic acid groups (broad SMARTS) is 1. The first-order valence-electron chi connectivity index (χ1n) is 9.20. The topological polar surface area (TPSA) is 115 Å². The molecule has 0 saturated carbocycles. The summed E-state index contributed by atoms with van der Waals surface area (Å²) in [6.07, 6.45) is -0.554. The number of carbonyl (C=O) groups is 1. The number of aromatic amines is 2. The SMILES string of the molecule is CCC(C)N(C(=O)O)c1nc2cc(-c3n[nH]c(=O)c4c(F)ccc(F)c34)ccc2[nH]1. The Morgan fingerprint density at radius 3 is 2.57 bits per heavy atom. The fourth-order valence-corrected chi connectivity index (χ4v) is 3.36. The van der Waals surface area contributed by atoms with Crippen molar-refractivity contribution in [1.82, 2.24) is 20.2 Å². The zero-order valence-corrected chi connectivity index (χ0v) is 16.0. The summed E-state index contributed by atoms with van der Waals surface area (Å²) in [4.78, 5) is 32.1. The van der Waals surface area contributed by atoms with Crippen molar-refractivity contribution in [3.63, 3.8) is 0 Å². The van der Waals surface area contributed by atoms with Gasteiger partial charge in [-0.25, -0.2) is 28.6 Å². The molecule has 0 aliphatic carbocycles. The first-order valence-corrected chi connectivity index (χ1v) is 9.20. The van der Waals surface area contributed by atoms with E-state index in [0.717, 1.165) is 17.0 Å². The van der Waals surface area contributed by atoms with Crippen LogP contribution >= 0.6 is 0 Å². The van der Waals surface area contributed by atoms with Crippen molar-refractivity contribution in [3.05, 3.63) is 52.3 Å². The van der Waals surface area contributed by atoms with Gasteiger partial charge in [0.15, 0.2) is 0 Å². The molecule has 0 aliphatic heterocycles. The van der Waals surface area contributed by atoms with Crippen LogP contribution in [-0.2, 0) is 0 Å². The van der Waals surface area contributed by atoms with Crippen molar-refractivity contribution in [2.45, 2.75) is 26.3 Å². The third kappa shape index (κ3) is 3.06. The predicted octanol–water partition coefficient (Wildman–Crippen LogP) is 4.03. The minimum Gasteiger partial charge on any atom is -0.465 e. The van der Waals surface area contributed by atoms with E-state index in [1.807, 2.05) is 6.92 Å². The largest absolute Gasteiger partial charge is 0.465 e. The molecule has 4 aromatic rings. The Morgan fingerprint density at radius 1 is 1.20 bits per heavy atom. The fourth-order valence-electron chi connectivity index (χ4n) is 3.36. The van der Waals surface area contributed by atoms with E-state index in [-0.39, 0.29) is 23.1 Å². The van der Waals surface area contributed by atoms with E-state index in [4.69, 9.17) is 0 Å². The number of nitrogens with zero attached hydrogens (tertiary/aromatic N) is 3. The number of halogens is 2. The number of hydrogen-bond acceptors (Lipinski definition) is 4. The lowest BCUT2D eigenvalue weighted by Crippen LogP contribution is -2.38. The lowest BCUT2D eigenvalue weighted by atomic mass is 10.0. The van der Waals surface area contributed by atoms with Crippen LogP contribution in [0.25, 0.3) is 33.1 Å². The summed E-state index contributed by atoms with van der Waals surface area (Å²) < 4.78 is 28.6. The van der Waals surface area contributed by atoms with E-state index in [0.29, 0.717) is 23.0 Å². The van der Waals surface area contributed by atoms with Gasteiger partial charge in [0.25, 0.3) is 5.56 Å². The summed E-state index contributed by atoms with van der Waals surface area (Å²) in [6.45, 7) is 3.63. The number of amides is 1. The molecule has 0 aliphatic rings. The number of imidazole rings is 1. The molecule has 0 radical (unpaired) electrons. The second-order valence-electron chi connectivity index (χ2n) is 6.88. The third-order valence-electron chi connectivity index (χ3n) is 5.05. The number of H-pyrrole nitrogens is 2. The van der Waals surface area contributed by atoms with Gasteiger partial charge in [-0.2, -0.15) is 5.10 Å². The minimum absolute atomic E-state index is 0.0464. The van der Waals surface area contributed by atoms with Gasteiger partial charge in [0.05, 0.1) is 21.8 Å². The van der Waals surface area contributed by atoms with Gasteiger partial charge < -0.3 is 10.1 Å². The number of benzene rings is 2. The summed E-state index contributed by atoms with van der Waals surface area (Å²) in [7, 11) is 0. The fraction of sp³-hybridized carbons (Fsp3) is 0.200. The van der Waals surface area contributed by atoms with Crippen LogP contribution < -0.4 is 10.5 Å². The van der Waals surface area contributed by atoms with E-state index in [2.05, 4.69) is 20.2 Å². The van der Waals surface area contributed by atoms with Crippen LogP contribution in [0.4, 0.5) is 19.5 Å². The van der Waals surface area contributed by atoms with Crippen LogP contribution in [0.1, 0.15) is 20.3 Å². The average Bonchev–Trinajstić information content (AvgIpc) is 3.12. The minimum atomic E-state index is -1.14. The first kappa shape index (κ1) is 19.5. The number of anilines is 1. The Labute approximate surface area is 168 Å². The quantitative estimate of drug-likeness (QED) is 0.467. The van der Waals surface area contributed by atoms with E-state index in [1.54, 1.807) is 25.1 Å². The van der Waals surface area contributed by atoms with Gasteiger partial charge in [0.1, 0.15) is 17.3 Å². The molecular formula is C20H17F2N5O3. The molecule has 154 valence electrons. The molecule has 10 heteroatoms. The van der Waals surface area contributed by atoms with Crippen molar-refractivity contribution >= 4 is 33.8 Å². The Kier molecular flexibility index (Phi) is 4.69. The molecule has 1 atom stereocenters. The molecule has 3 N–H and O–H groups in total. The summed E-state index contributed by atoms with van der Waals surface area (Å²) in [5.74, 6) is -1.48. The van der Waals surface area contributed by atoms with Gasteiger partial charge in [0, 0.05) is 11.6 Å². The number of hydrogen-bond donors (Lipinski definition) is 3. The molecule has 1 unspecified atom stereocenters. The maximum Gasteiger partial charge on any atom is 0.414 e. The molecule has 2 aromatic heterocycles. The molecule has 2 heterocycles. The highest BCUT2D eigenvalue weighted by molar-refractivity contribution is 5.97. The average molecular weight is 413 g/mol. The Balaban J connectivity index is 1.90. The summed E-state index contributed by atoms with van der Waals surface area (Å²) >= 11 is 0. The highest BCUT2D eigenvalue weighted by Crippen LogP contribution is 2.30. The lowest BCUT2D eigenvalue weighted by Gasteiger charge is -2.22. The highest BCUT2D eigenvalue weighted by atomic mass is 19.1. The van der Waals surface area contributed by atoms with Crippen LogP contribution in [-0.4, -0.2) is 37.4 Å². The van der Waals surface area contributed by atoms with Crippen molar-refractivity contribution in [2.24, 2.45) is 0 Å². The van der Waals surface area contributed by atoms with Crippen LogP contribution in [0.2, 0.25) is 0 Å². The molecule has 2 aromatic carbocycles. The summed E-state index contributed by atoms with van der Waals surface area (Å²) in [5, 5.41) is 15.0. The highest BCUT2D eigenvalue weighted by Gasteiger charge is 2.24. The summed E-state index contributed by atoms with van der Waals surface area (Å²) in [6, 6.07) is 6.32. The zero-order chi connectivity index (χ0) is 21.6. The van der Waals surface area contributed by atoms with Crippen LogP contribution in [0, 0.1) is 11.6 Å². The standard InChI is InChI=1S/C20H17F2N5O3/c1-3-9(2)27(20(29)30)19-23-13-7-4-10(8-14(13)24-19)17-15-11(21)5-6-12(22)16(15)18(28)26-25-17/h4-9H,3H2,1-2H3,(H,23,24)(H,26,28)(H,29,30). The van der Waals surface area contributed by atoms with Crippen LogP contribution in [0.3, 0.4) is 0 Å². The molecule has 4 rings (SSSR count). The van der Waals surface area contributed by atoms with E-state index in [1.165, 1.54) is 0 Å². The van der Waals surface area contributed by atoms with Gasteiger partial charge >= 0.3 is 6.09 Å². The maximum atomic E-state index is 14.5. The second-order valence-corrected chi connectivity index (χ2v) is 6.88. The van der Waals surface area contributed by atoms with E-state index < -0.39 is 28.7 Å². The van der Waals surface area contributed by atoms with Crippen LogP contribution in [0.5, 0.6) is 0 Å². The predicted molar refractivity (Wildman–Crippen MR) is 108 cm³/mol. The molecule has 0 spiro atoms. The van der Waals surface area contributed by atoms with Crippen molar-refractivity contribution in [1.29, 1.82) is 0 Å². The Bertz CT molecular complexity index is 1350. The van der Waals surface area contributed by atoms with E-state index in [9.17, 15) is 23.5 Å².